The molecule has 1 fully saturated rings. The maximum absolute atomic E-state index is 4.69. The molecule has 2 atom stereocenters. The van der Waals surface area contributed by atoms with Crippen LogP contribution in [0.25, 0.3) is 10.2 Å². The number of hydrogen-bond donors (Lipinski definition) is 1. The lowest BCUT2D eigenvalue weighted by molar-refractivity contribution is 0.756. The highest BCUT2D eigenvalue weighted by Crippen LogP contribution is 2.33. The summed E-state index contributed by atoms with van der Waals surface area (Å²) in [7, 11) is 0. The van der Waals surface area contributed by atoms with E-state index < -0.39 is 0 Å². The van der Waals surface area contributed by atoms with Crippen LogP contribution in [-0.4, -0.2) is 22.0 Å². The largest absolute Gasteiger partial charge is 0.359 e. The molecule has 0 amide bonds. The van der Waals surface area contributed by atoms with Crippen molar-refractivity contribution in [2.75, 3.05) is 11.1 Å². The summed E-state index contributed by atoms with van der Waals surface area (Å²) in [5.41, 5.74) is 2.43. The number of aromatic nitrogens is 1. The lowest BCUT2D eigenvalue weighted by Crippen LogP contribution is -2.15. The second-order valence-corrected chi connectivity index (χ2v) is 7.83. The molecular weight excluding hydrogens is 272 g/mol. The number of hydrogen-bond acceptors (Lipinski definition) is 4. The monoisotopic (exact) mass is 292 g/mol. The van der Waals surface area contributed by atoms with Gasteiger partial charge in [0, 0.05) is 11.3 Å². The van der Waals surface area contributed by atoms with Gasteiger partial charge in [0.1, 0.15) is 0 Å². The van der Waals surface area contributed by atoms with Gasteiger partial charge in [0.05, 0.1) is 10.2 Å². The SMILES string of the molecule is CCSC1CCC(Nc2nc3ccc(C)cc3s2)C1. The van der Waals surface area contributed by atoms with Crippen LogP contribution in [0.4, 0.5) is 5.13 Å². The Hall–Kier alpha value is -0.740. The number of fused-ring (bicyclic) bond motifs is 1. The molecule has 4 heteroatoms. The zero-order chi connectivity index (χ0) is 13.2. The van der Waals surface area contributed by atoms with Crippen molar-refractivity contribution in [3.05, 3.63) is 23.8 Å². The maximum Gasteiger partial charge on any atom is 0.184 e. The van der Waals surface area contributed by atoms with Gasteiger partial charge >= 0.3 is 0 Å². The predicted octanol–water partition coefficient (Wildman–Crippen LogP) is 4.69. The molecule has 1 aromatic heterocycles. The highest BCUT2D eigenvalue weighted by molar-refractivity contribution is 7.99. The standard InChI is InChI=1S/C15H20N2S2/c1-3-18-12-6-5-11(9-12)16-15-17-13-7-4-10(2)8-14(13)19-15/h4,7-8,11-12H,3,5-6,9H2,1-2H3,(H,16,17). The first-order chi connectivity index (χ1) is 9.24. The molecule has 1 heterocycles. The molecule has 1 aliphatic rings. The Bertz CT molecular complexity index is 564. The number of thioether (sulfide) groups is 1. The Balaban J connectivity index is 1.68. The highest BCUT2D eigenvalue weighted by Gasteiger charge is 2.25. The number of aryl methyl sites for hydroxylation is 1. The predicted molar refractivity (Wildman–Crippen MR) is 87.5 cm³/mol. The highest BCUT2D eigenvalue weighted by atomic mass is 32.2. The summed E-state index contributed by atoms with van der Waals surface area (Å²) in [5.74, 6) is 1.23. The molecule has 1 aliphatic carbocycles. The molecule has 1 N–H and O–H groups in total. The normalized spacial score (nSPS) is 23.1. The van der Waals surface area contributed by atoms with Crippen LogP contribution in [0.5, 0.6) is 0 Å². The molecule has 19 heavy (non-hydrogen) atoms. The molecule has 0 spiro atoms. The van der Waals surface area contributed by atoms with Crippen LogP contribution >= 0.6 is 23.1 Å². The second-order valence-electron chi connectivity index (χ2n) is 5.22. The lowest BCUT2D eigenvalue weighted by atomic mass is 10.2. The fraction of sp³-hybridized carbons (Fsp3) is 0.533. The van der Waals surface area contributed by atoms with Gasteiger partial charge in [-0.25, -0.2) is 4.98 Å². The lowest BCUT2D eigenvalue weighted by Gasteiger charge is -2.11. The van der Waals surface area contributed by atoms with Crippen LogP contribution in [0.2, 0.25) is 0 Å². The van der Waals surface area contributed by atoms with Crippen molar-refractivity contribution in [1.82, 2.24) is 4.98 Å². The average molecular weight is 292 g/mol. The zero-order valence-corrected chi connectivity index (χ0v) is 13.1. The van der Waals surface area contributed by atoms with E-state index in [0.717, 1.165) is 15.9 Å². The van der Waals surface area contributed by atoms with E-state index in [1.165, 1.54) is 35.3 Å². The fourth-order valence-corrected chi connectivity index (χ4v) is 4.91. The summed E-state index contributed by atoms with van der Waals surface area (Å²) in [5, 5.41) is 5.57. The number of benzene rings is 1. The Morgan fingerprint density at radius 2 is 2.32 bits per heavy atom. The van der Waals surface area contributed by atoms with Gasteiger partial charge in [-0.3, -0.25) is 0 Å². The quantitative estimate of drug-likeness (QED) is 0.885. The number of nitrogens with zero attached hydrogens (tertiary/aromatic N) is 1. The number of nitrogens with one attached hydrogen (secondary N) is 1. The molecule has 1 saturated carbocycles. The van der Waals surface area contributed by atoms with Crippen molar-refractivity contribution in [3.63, 3.8) is 0 Å². The topological polar surface area (TPSA) is 24.9 Å². The van der Waals surface area contributed by atoms with Crippen LogP contribution < -0.4 is 5.32 Å². The van der Waals surface area contributed by atoms with Crippen molar-refractivity contribution in [1.29, 1.82) is 0 Å². The third kappa shape index (κ3) is 3.06. The minimum absolute atomic E-state index is 0.616. The molecule has 2 nitrogen and oxygen atoms in total. The third-order valence-electron chi connectivity index (χ3n) is 3.66. The summed E-state index contributed by atoms with van der Waals surface area (Å²) in [6.45, 7) is 4.39. The summed E-state index contributed by atoms with van der Waals surface area (Å²) in [4.78, 5) is 4.69. The van der Waals surface area contributed by atoms with Crippen molar-refractivity contribution in [3.8, 4) is 0 Å². The van der Waals surface area contributed by atoms with Crippen LogP contribution in [0.1, 0.15) is 31.7 Å². The maximum atomic E-state index is 4.69. The Morgan fingerprint density at radius 1 is 1.42 bits per heavy atom. The van der Waals surface area contributed by atoms with E-state index in [1.54, 1.807) is 11.3 Å². The van der Waals surface area contributed by atoms with Crippen LogP contribution in [0, 0.1) is 6.92 Å². The first kappa shape index (κ1) is 13.3. The summed E-state index contributed by atoms with van der Waals surface area (Å²) in [6, 6.07) is 7.10. The van der Waals surface area contributed by atoms with Crippen molar-refractivity contribution in [2.24, 2.45) is 0 Å². The van der Waals surface area contributed by atoms with Crippen molar-refractivity contribution in [2.45, 2.75) is 44.4 Å². The minimum atomic E-state index is 0.616. The summed E-state index contributed by atoms with van der Waals surface area (Å²) >= 11 is 3.89. The molecule has 0 radical (unpaired) electrons. The van der Waals surface area contributed by atoms with E-state index in [2.05, 4.69) is 54.1 Å². The molecular formula is C15H20N2S2. The summed E-state index contributed by atoms with van der Waals surface area (Å²) in [6.07, 6.45) is 3.92. The van der Waals surface area contributed by atoms with Crippen LogP contribution in [0.15, 0.2) is 18.2 Å². The van der Waals surface area contributed by atoms with Gasteiger partial charge in [-0.15, -0.1) is 0 Å². The van der Waals surface area contributed by atoms with E-state index in [-0.39, 0.29) is 0 Å². The smallest absolute Gasteiger partial charge is 0.184 e. The Labute approximate surface area is 123 Å². The van der Waals surface area contributed by atoms with Gasteiger partial charge in [0.15, 0.2) is 5.13 Å². The molecule has 3 rings (SSSR count). The van der Waals surface area contributed by atoms with Gasteiger partial charge in [0.2, 0.25) is 0 Å². The number of anilines is 1. The molecule has 1 aromatic carbocycles. The fourth-order valence-electron chi connectivity index (χ4n) is 2.73. The van der Waals surface area contributed by atoms with Crippen LogP contribution in [-0.2, 0) is 0 Å². The van der Waals surface area contributed by atoms with E-state index >= 15 is 0 Å². The van der Waals surface area contributed by atoms with E-state index in [9.17, 15) is 0 Å². The minimum Gasteiger partial charge on any atom is -0.359 e. The van der Waals surface area contributed by atoms with E-state index in [4.69, 9.17) is 0 Å². The third-order valence-corrected chi connectivity index (χ3v) is 5.84. The Kier molecular flexibility index (Phi) is 3.99. The van der Waals surface area contributed by atoms with Gasteiger partial charge in [0.25, 0.3) is 0 Å². The molecule has 0 aliphatic heterocycles. The molecule has 102 valence electrons. The van der Waals surface area contributed by atoms with E-state index in [0.29, 0.717) is 6.04 Å². The molecule has 2 aromatic rings. The average Bonchev–Trinajstić information content (AvgIpc) is 2.96. The second kappa shape index (κ2) is 5.71. The van der Waals surface area contributed by atoms with Crippen molar-refractivity contribution >= 4 is 38.4 Å². The van der Waals surface area contributed by atoms with Gasteiger partial charge in [-0.2, -0.15) is 11.8 Å². The van der Waals surface area contributed by atoms with Gasteiger partial charge < -0.3 is 5.32 Å². The number of rotatable bonds is 4. The first-order valence-electron chi connectivity index (χ1n) is 7.00. The summed E-state index contributed by atoms with van der Waals surface area (Å²) < 4.78 is 1.29. The van der Waals surface area contributed by atoms with Crippen LogP contribution in [0.3, 0.4) is 0 Å². The number of thiazole rings is 1. The van der Waals surface area contributed by atoms with E-state index in [1.807, 2.05) is 0 Å². The molecule has 0 bridgehead atoms. The van der Waals surface area contributed by atoms with Crippen molar-refractivity contribution < 1.29 is 0 Å². The van der Waals surface area contributed by atoms with Gasteiger partial charge in [-0.1, -0.05) is 24.3 Å². The van der Waals surface area contributed by atoms with Gasteiger partial charge in [-0.05, 0) is 49.6 Å². The first-order valence-corrected chi connectivity index (χ1v) is 8.86. The zero-order valence-electron chi connectivity index (χ0n) is 11.5. The molecule has 2 unspecified atom stereocenters. The Morgan fingerprint density at radius 3 is 3.16 bits per heavy atom. The molecule has 0 saturated heterocycles.